The molecular weight excluding hydrogens is 532 g/mol. The maximum Gasteiger partial charge on any atom is 0.267 e. The first-order chi connectivity index (χ1) is 21.2. The predicted octanol–water partition coefficient (Wildman–Crippen LogP) is 8.08. The van der Waals surface area contributed by atoms with E-state index in [1.165, 1.54) is 4.90 Å². The molecule has 0 unspecified atom stereocenters. The summed E-state index contributed by atoms with van der Waals surface area (Å²) in [6.45, 7) is 0. The molecule has 1 aliphatic rings. The van der Waals surface area contributed by atoms with Crippen LogP contribution in [0.4, 0.5) is 5.82 Å². The topological polar surface area (TPSA) is 60.1 Å². The zero-order valence-corrected chi connectivity index (χ0v) is 22.8. The molecule has 202 valence electrons. The van der Waals surface area contributed by atoms with Crippen LogP contribution in [-0.4, -0.2) is 25.9 Å². The molecule has 9 rings (SSSR count). The molecule has 0 atom stereocenters. The number of carbonyl (C=O) groups excluding carboxylic acids is 2. The van der Waals surface area contributed by atoms with Gasteiger partial charge in [0.05, 0.1) is 38.9 Å². The fourth-order valence-corrected chi connectivity index (χ4v) is 6.63. The molecule has 0 aliphatic carbocycles. The molecule has 0 N–H and O–H groups in total. The number of benzene rings is 5. The second kappa shape index (κ2) is 8.74. The Labute approximate surface area is 245 Å². The van der Waals surface area contributed by atoms with Gasteiger partial charge in [0.25, 0.3) is 11.8 Å². The Bertz CT molecular complexity index is 2330. The minimum absolute atomic E-state index is 0.289. The largest absolute Gasteiger partial charge is 0.306 e. The average Bonchev–Trinajstić information content (AvgIpc) is 3.66. The van der Waals surface area contributed by atoms with Gasteiger partial charge in [-0.15, -0.1) is 0 Å². The Morgan fingerprint density at radius 2 is 0.814 bits per heavy atom. The van der Waals surface area contributed by atoms with Crippen LogP contribution in [0.15, 0.2) is 133 Å². The van der Waals surface area contributed by atoms with E-state index in [1.807, 2.05) is 60.7 Å². The van der Waals surface area contributed by atoms with E-state index >= 15 is 0 Å². The molecule has 2 amide bonds. The lowest BCUT2D eigenvalue weighted by Crippen LogP contribution is -2.31. The van der Waals surface area contributed by atoms with Gasteiger partial charge in [0.15, 0.2) is 5.82 Å². The summed E-state index contributed by atoms with van der Waals surface area (Å²) in [5.41, 5.74) is 5.33. The van der Waals surface area contributed by atoms with Crippen LogP contribution >= 0.6 is 0 Å². The molecule has 6 nitrogen and oxygen atoms in total. The maximum atomic E-state index is 13.9. The Hall–Kier alpha value is -6.01. The van der Waals surface area contributed by atoms with Crippen molar-refractivity contribution in [3.05, 3.63) is 145 Å². The second-order valence-electron chi connectivity index (χ2n) is 10.7. The summed E-state index contributed by atoms with van der Waals surface area (Å²) in [7, 11) is 0. The number of hydrogen-bond acceptors (Lipinski definition) is 3. The van der Waals surface area contributed by atoms with E-state index in [1.54, 1.807) is 24.3 Å². The van der Waals surface area contributed by atoms with Gasteiger partial charge in [-0.25, -0.2) is 9.88 Å². The number of rotatable bonds is 3. The summed E-state index contributed by atoms with van der Waals surface area (Å²) in [6, 6.07) is 43.7. The summed E-state index contributed by atoms with van der Waals surface area (Å²) in [6.07, 6.45) is 0. The number of carbonyl (C=O) groups is 2. The third kappa shape index (κ3) is 3.20. The SMILES string of the molecule is O=C1c2ccccc2C(=O)N1c1nc(-n2c3ccccc3c3ccccc32)ccc1-n1c2ccccc2c2ccccc21. The van der Waals surface area contributed by atoms with Crippen LogP contribution in [0.3, 0.4) is 0 Å². The van der Waals surface area contributed by atoms with Gasteiger partial charge in [0, 0.05) is 21.5 Å². The van der Waals surface area contributed by atoms with Crippen molar-refractivity contribution < 1.29 is 9.59 Å². The Morgan fingerprint density at radius 3 is 1.28 bits per heavy atom. The van der Waals surface area contributed by atoms with Crippen LogP contribution in [-0.2, 0) is 0 Å². The Balaban J connectivity index is 1.38. The first-order valence-corrected chi connectivity index (χ1v) is 14.2. The van der Waals surface area contributed by atoms with E-state index in [9.17, 15) is 9.59 Å². The average molecular weight is 555 g/mol. The molecular formula is C37H22N4O2. The molecule has 0 fully saturated rings. The van der Waals surface area contributed by atoms with E-state index in [2.05, 4.69) is 57.7 Å². The fraction of sp³-hybridized carbons (Fsp3) is 0. The first-order valence-electron chi connectivity index (χ1n) is 14.2. The van der Waals surface area contributed by atoms with Crippen LogP contribution in [0.25, 0.3) is 55.1 Å². The summed E-state index contributed by atoms with van der Waals surface area (Å²) < 4.78 is 4.20. The normalized spacial score (nSPS) is 13.2. The zero-order valence-electron chi connectivity index (χ0n) is 22.8. The van der Waals surface area contributed by atoms with Gasteiger partial charge < -0.3 is 4.57 Å². The molecule has 43 heavy (non-hydrogen) atoms. The zero-order chi connectivity index (χ0) is 28.7. The van der Waals surface area contributed by atoms with Gasteiger partial charge in [-0.3, -0.25) is 14.2 Å². The van der Waals surface area contributed by atoms with Crippen molar-refractivity contribution >= 4 is 61.2 Å². The molecule has 0 spiro atoms. The van der Waals surface area contributed by atoms with E-state index in [0.717, 1.165) is 43.6 Å². The maximum absolute atomic E-state index is 13.9. The van der Waals surface area contributed by atoms with Crippen molar-refractivity contribution in [1.82, 2.24) is 14.1 Å². The van der Waals surface area contributed by atoms with Gasteiger partial charge in [-0.05, 0) is 48.5 Å². The summed E-state index contributed by atoms with van der Waals surface area (Å²) >= 11 is 0. The monoisotopic (exact) mass is 554 g/mol. The van der Waals surface area contributed by atoms with Gasteiger partial charge in [-0.2, -0.15) is 0 Å². The molecule has 8 aromatic rings. The number of aromatic nitrogens is 3. The van der Waals surface area contributed by atoms with E-state index in [4.69, 9.17) is 4.98 Å². The number of nitrogens with zero attached hydrogens (tertiary/aromatic N) is 4. The Kier molecular flexibility index (Phi) is 4.81. The van der Waals surface area contributed by atoms with Crippen molar-refractivity contribution in [2.75, 3.05) is 4.90 Å². The highest BCUT2D eigenvalue weighted by molar-refractivity contribution is 6.34. The summed E-state index contributed by atoms with van der Waals surface area (Å²) in [5.74, 6) is 0.148. The van der Waals surface area contributed by atoms with E-state index in [0.29, 0.717) is 22.6 Å². The quantitative estimate of drug-likeness (QED) is 0.208. The van der Waals surface area contributed by atoms with Crippen LogP contribution in [0.5, 0.6) is 0 Å². The Morgan fingerprint density at radius 1 is 0.419 bits per heavy atom. The lowest BCUT2D eigenvalue weighted by atomic mass is 10.1. The molecule has 3 aromatic heterocycles. The van der Waals surface area contributed by atoms with Crippen molar-refractivity contribution in [2.24, 2.45) is 0 Å². The lowest BCUT2D eigenvalue weighted by molar-refractivity contribution is 0.0925. The van der Waals surface area contributed by atoms with Gasteiger partial charge in [0.1, 0.15) is 5.82 Å². The van der Waals surface area contributed by atoms with Crippen molar-refractivity contribution in [1.29, 1.82) is 0 Å². The molecule has 0 saturated heterocycles. The highest BCUT2D eigenvalue weighted by Crippen LogP contribution is 2.39. The molecule has 1 aliphatic heterocycles. The molecule has 4 heterocycles. The van der Waals surface area contributed by atoms with Crippen LogP contribution in [0, 0.1) is 0 Å². The van der Waals surface area contributed by atoms with E-state index < -0.39 is 0 Å². The number of fused-ring (bicyclic) bond motifs is 7. The molecule has 0 bridgehead atoms. The lowest BCUT2D eigenvalue weighted by Gasteiger charge is -2.20. The van der Waals surface area contributed by atoms with Crippen molar-refractivity contribution in [3.63, 3.8) is 0 Å². The summed E-state index contributed by atoms with van der Waals surface area (Å²) in [5, 5.41) is 4.37. The number of imide groups is 1. The van der Waals surface area contributed by atoms with Gasteiger partial charge in [0.2, 0.25) is 0 Å². The number of pyridine rings is 1. The van der Waals surface area contributed by atoms with Crippen LogP contribution < -0.4 is 4.90 Å². The number of hydrogen-bond donors (Lipinski definition) is 0. The fourth-order valence-electron chi connectivity index (χ4n) is 6.63. The third-order valence-corrected chi connectivity index (χ3v) is 8.48. The summed E-state index contributed by atoms with van der Waals surface area (Å²) in [4.78, 5) is 34.3. The number of para-hydroxylation sites is 4. The van der Waals surface area contributed by atoms with Gasteiger partial charge in [-0.1, -0.05) is 84.9 Å². The molecule has 6 heteroatoms. The van der Waals surface area contributed by atoms with Crippen molar-refractivity contribution in [2.45, 2.75) is 0 Å². The minimum atomic E-state index is -0.380. The first kappa shape index (κ1) is 23.7. The minimum Gasteiger partial charge on any atom is -0.306 e. The van der Waals surface area contributed by atoms with Crippen LogP contribution in [0.1, 0.15) is 20.7 Å². The smallest absolute Gasteiger partial charge is 0.267 e. The number of anilines is 1. The molecule has 5 aromatic carbocycles. The van der Waals surface area contributed by atoms with Gasteiger partial charge >= 0.3 is 0 Å². The highest BCUT2D eigenvalue weighted by Gasteiger charge is 2.39. The second-order valence-corrected chi connectivity index (χ2v) is 10.7. The standard InChI is InChI=1S/C37H22N4O2/c42-36-27-15-1-2-16-28(27)37(43)41(36)35-33(39-29-17-7-3-11-23(29)24-12-4-8-18-30(24)39)21-22-34(38-35)40-31-19-9-5-13-25(31)26-14-6-10-20-32(26)40/h1-22H. The third-order valence-electron chi connectivity index (χ3n) is 8.48. The van der Waals surface area contributed by atoms with Crippen LogP contribution in [0.2, 0.25) is 0 Å². The predicted molar refractivity (Wildman–Crippen MR) is 170 cm³/mol. The highest BCUT2D eigenvalue weighted by atomic mass is 16.2. The molecule has 0 saturated carbocycles. The molecule has 0 radical (unpaired) electrons. The van der Waals surface area contributed by atoms with E-state index in [-0.39, 0.29) is 17.6 Å². The number of amides is 2. The van der Waals surface area contributed by atoms with Crippen molar-refractivity contribution in [3.8, 4) is 11.5 Å².